The van der Waals surface area contributed by atoms with Crippen LogP contribution in [0.4, 0.5) is 0 Å². The molecule has 0 aliphatic carbocycles. The van der Waals surface area contributed by atoms with Gasteiger partial charge in [-0.3, -0.25) is 9.59 Å². The molecule has 1 fully saturated rings. The van der Waals surface area contributed by atoms with Crippen molar-refractivity contribution in [3.8, 4) is 0 Å². The third kappa shape index (κ3) is 3.45. The lowest BCUT2D eigenvalue weighted by Crippen LogP contribution is -2.46. The molecule has 0 aromatic heterocycles. The largest absolute Gasteiger partial charge is 0.481 e. The van der Waals surface area contributed by atoms with Gasteiger partial charge in [-0.1, -0.05) is 13.8 Å². The van der Waals surface area contributed by atoms with Gasteiger partial charge in [-0.2, -0.15) is 0 Å². The molecule has 0 aromatic rings. The van der Waals surface area contributed by atoms with Crippen molar-refractivity contribution in [2.24, 2.45) is 11.8 Å². The number of rotatable bonds is 3. The van der Waals surface area contributed by atoms with Gasteiger partial charge in [0.2, 0.25) is 5.91 Å². The third-order valence-corrected chi connectivity index (χ3v) is 3.86. The Morgan fingerprint density at radius 1 is 1.22 bits per heavy atom. The number of likely N-dealkylation sites (N-methyl/N-ethyl adjacent to an activating group) is 1. The SMILES string of the molecule is CC(C(=O)O)C(C)C(=O)N1CCCN(C)CC1C. The van der Waals surface area contributed by atoms with Crippen molar-refractivity contribution < 1.29 is 14.7 Å². The molecule has 0 spiro atoms. The summed E-state index contributed by atoms with van der Waals surface area (Å²) in [5.41, 5.74) is 0. The quantitative estimate of drug-likeness (QED) is 0.815. The summed E-state index contributed by atoms with van der Waals surface area (Å²) in [7, 11) is 2.05. The zero-order chi connectivity index (χ0) is 13.9. The lowest BCUT2D eigenvalue weighted by atomic mass is 9.94. The van der Waals surface area contributed by atoms with Gasteiger partial charge in [0.25, 0.3) is 0 Å². The van der Waals surface area contributed by atoms with E-state index in [0.717, 1.165) is 26.1 Å². The first-order valence-corrected chi connectivity index (χ1v) is 6.56. The van der Waals surface area contributed by atoms with E-state index in [9.17, 15) is 9.59 Å². The Labute approximate surface area is 109 Å². The van der Waals surface area contributed by atoms with Crippen molar-refractivity contribution in [3.05, 3.63) is 0 Å². The van der Waals surface area contributed by atoms with Crippen LogP contribution in [0.1, 0.15) is 27.2 Å². The van der Waals surface area contributed by atoms with E-state index in [-0.39, 0.29) is 11.9 Å². The van der Waals surface area contributed by atoms with Gasteiger partial charge in [0, 0.05) is 25.0 Å². The Morgan fingerprint density at radius 2 is 1.83 bits per heavy atom. The highest BCUT2D eigenvalue weighted by atomic mass is 16.4. The van der Waals surface area contributed by atoms with Crippen LogP contribution in [0.15, 0.2) is 0 Å². The second-order valence-electron chi connectivity index (χ2n) is 5.41. The van der Waals surface area contributed by atoms with Crippen molar-refractivity contribution in [1.82, 2.24) is 9.80 Å². The Hall–Kier alpha value is -1.10. The van der Waals surface area contributed by atoms with Crippen LogP contribution in [0.2, 0.25) is 0 Å². The van der Waals surface area contributed by atoms with Gasteiger partial charge in [0.15, 0.2) is 0 Å². The maximum Gasteiger partial charge on any atom is 0.307 e. The maximum atomic E-state index is 12.4. The lowest BCUT2D eigenvalue weighted by Gasteiger charge is -2.31. The minimum absolute atomic E-state index is 0.0345. The molecule has 3 unspecified atom stereocenters. The molecule has 18 heavy (non-hydrogen) atoms. The van der Waals surface area contributed by atoms with Crippen LogP contribution >= 0.6 is 0 Å². The summed E-state index contributed by atoms with van der Waals surface area (Å²) in [6.45, 7) is 7.89. The van der Waals surface area contributed by atoms with Gasteiger partial charge in [-0.25, -0.2) is 0 Å². The molecule has 1 aliphatic rings. The second kappa shape index (κ2) is 6.18. The zero-order valence-corrected chi connectivity index (χ0v) is 11.7. The Balaban J connectivity index is 2.72. The minimum atomic E-state index is -0.907. The first kappa shape index (κ1) is 15.0. The summed E-state index contributed by atoms with van der Waals surface area (Å²) in [5.74, 6) is -2.04. The summed E-state index contributed by atoms with van der Waals surface area (Å²) in [4.78, 5) is 27.4. The highest BCUT2D eigenvalue weighted by molar-refractivity contribution is 5.84. The van der Waals surface area contributed by atoms with Crippen LogP contribution in [-0.2, 0) is 9.59 Å². The van der Waals surface area contributed by atoms with Crippen LogP contribution in [0.25, 0.3) is 0 Å². The van der Waals surface area contributed by atoms with E-state index in [1.165, 1.54) is 0 Å². The Bertz CT molecular complexity index is 319. The van der Waals surface area contributed by atoms with Crippen LogP contribution in [0.3, 0.4) is 0 Å². The summed E-state index contributed by atoms with van der Waals surface area (Å²) >= 11 is 0. The summed E-state index contributed by atoms with van der Waals surface area (Å²) < 4.78 is 0. The fourth-order valence-electron chi connectivity index (χ4n) is 2.39. The van der Waals surface area contributed by atoms with E-state index >= 15 is 0 Å². The van der Waals surface area contributed by atoms with Gasteiger partial charge < -0.3 is 14.9 Å². The lowest BCUT2D eigenvalue weighted by molar-refractivity contribution is -0.149. The molecule has 0 radical (unpaired) electrons. The van der Waals surface area contributed by atoms with E-state index < -0.39 is 17.8 Å². The first-order chi connectivity index (χ1) is 8.34. The van der Waals surface area contributed by atoms with Crippen molar-refractivity contribution in [2.45, 2.75) is 33.2 Å². The molecule has 1 saturated heterocycles. The van der Waals surface area contributed by atoms with Crippen LogP contribution in [-0.4, -0.2) is 59.5 Å². The van der Waals surface area contributed by atoms with Crippen molar-refractivity contribution >= 4 is 11.9 Å². The summed E-state index contributed by atoms with van der Waals surface area (Å²) in [6, 6.07) is 0.147. The van der Waals surface area contributed by atoms with Crippen LogP contribution in [0.5, 0.6) is 0 Å². The predicted molar refractivity (Wildman–Crippen MR) is 69.3 cm³/mol. The molecule has 1 rings (SSSR count). The van der Waals surface area contributed by atoms with Crippen LogP contribution < -0.4 is 0 Å². The molecule has 0 saturated carbocycles. The van der Waals surface area contributed by atoms with Crippen molar-refractivity contribution in [2.75, 3.05) is 26.7 Å². The molecule has 1 aliphatic heterocycles. The number of carbonyl (C=O) groups excluding carboxylic acids is 1. The smallest absolute Gasteiger partial charge is 0.307 e. The summed E-state index contributed by atoms with van der Waals surface area (Å²) in [6.07, 6.45) is 0.945. The topological polar surface area (TPSA) is 60.9 Å². The molecular weight excluding hydrogens is 232 g/mol. The van der Waals surface area contributed by atoms with Crippen molar-refractivity contribution in [3.63, 3.8) is 0 Å². The normalized spacial score (nSPS) is 25.3. The zero-order valence-electron chi connectivity index (χ0n) is 11.7. The van der Waals surface area contributed by atoms with Crippen LogP contribution in [0, 0.1) is 11.8 Å². The summed E-state index contributed by atoms with van der Waals surface area (Å²) in [5, 5.41) is 8.98. The Morgan fingerprint density at radius 3 is 2.39 bits per heavy atom. The van der Waals surface area contributed by atoms with Gasteiger partial charge in [-0.05, 0) is 26.9 Å². The fourth-order valence-corrected chi connectivity index (χ4v) is 2.39. The molecule has 104 valence electrons. The Kier molecular flexibility index (Phi) is 5.14. The number of carbonyl (C=O) groups is 2. The van der Waals surface area contributed by atoms with Crippen molar-refractivity contribution in [1.29, 1.82) is 0 Å². The fraction of sp³-hybridized carbons (Fsp3) is 0.846. The molecule has 5 heteroatoms. The third-order valence-electron chi connectivity index (χ3n) is 3.86. The van der Waals surface area contributed by atoms with Gasteiger partial charge in [0.05, 0.1) is 5.92 Å². The monoisotopic (exact) mass is 256 g/mol. The van der Waals surface area contributed by atoms with E-state index in [2.05, 4.69) is 4.90 Å². The average molecular weight is 256 g/mol. The van der Waals surface area contributed by atoms with Gasteiger partial charge >= 0.3 is 5.97 Å². The first-order valence-electron chi connectivity index (χ1n) is 6.56. The van der Waals surface area contributed by atoms with E-state index in [4.69, 9.17) is 5.11 Å². The van der Waals surface area contributed by atoms with Gasteiger partial charge in [-0.15, -0.1) is 0 Å². The maximum absolute atomic E-state index is 12.4. The average Bonchev–Trinajstić information content (AvgIpc) is 2.47. The second-order valence-corrected chi connectivity index (χ2v) is 5.41. The number of hydrogen-bond donors (Lipinski definition) is 1. The molecule has 0 bridgehead atoms. The highest BCUT2D eigenvalue weighted by Crippen LogP contribution is 2.18. The molecular formula is C13H24N2O3. The highest BCUT2D eigenvalue weighted by Gasteiger charge is 2.32. The van der Waals surface area contributed by atoms with E-state index in [1.807, 2.05) is 18.9 Å². The number of carboxylic acid groups (broad SMARTS) is 1. The molecule has 0 aromatic carbocycles. The molecule has 3 atom stereocenters. The minimum Gasteiger partial charge on any atom is -0.481 e. The number of nitrogens with zero attached hydrogens (tertiary/aromatic N) is 2. The van der Waals surface area contributed by atoms with Gasteiger partial charge in [0.1, 0.15) is 0 Å². The van der Waals surface area contributed by atoms with E-state index in [0.29, 0.717) is 0 Å². The molecule has 1 heterocycles. The predicted octanol–water partition coefficient (Wildman–Crippen LogP) is 0.896. The number of aliphatic carboxylic acids is 1. The van der Waals surface area contributed by atoms with E-state index in [1.54, 1.807) is 13.8 Å². The standard InChI is InChI=1S/C13H24N2O3/c1-9-8-14(4)6-5-7-15(9)12(16)10(2)11(3)13(17)18/h9-11H,5-8H2,1-4H3,(H,17,18). The molecule has 1 N–H and O–H groups in total. The number of carboxylic acids is 1. The number of amides is 1. The molecule has 5 nitrogen and oxygen atoms in total. The number of hydrogen-bond acceptors (Lipinski definition) is 3. The molecule has 1 amide bonds.